The van der Waals surface area contributed by atoms with Crippen LogP contribution in [-0.2, 0) is 4.79 Å². The van der Waals surface area contributed by atoms with E-state index in [9.17, 15) is 4.79 Å². The van der Waals surface area contributed by atoms with Crippen molar-refractivity contribution in [3.63, 3.8) is 0 Å². The topological polar surface area (TPSA) is 38.8 Å². The molecule has 0 radical (unpaired) electrons. The zero-order chi connectivity index (χ0) is 18.8. The first-order chi connectivity index (χ1) is 13.2. The molecule has 2 aromatic rings. The molecule has 2 aromatic carbocycles. The van der Waals surface area contributed by atoms with Gasteiger partial charge in [-0.2, -0.15) is 0 Å². The summed E-state index contributed by atoms with van der Waals surface area (Å²) in [6.07, 6.45) is 4.24. The van der Waals surface area contributed by atoms with Gasteiger partial charge in [0.15, 0.2) is 11.5 Å². The van der Waals surface area contributed by atoms with Gasteiger partial charge in [0.2, 0.25) is 0 Å². The zero-order valence-corrected chi connectivity index (χ0v) is 15.9. The van der Waals surface area contributed by atoms with Crippen molar-refractivity contribution in [1.29, 1.82) is 0 Å². The number of fused-ring (bicyclic) bond motifs is 1. The molecule has 140 valence electrons. The van der Waals surface area contributed by atoms with Gasteiger partial charge >= 0.3 is 0 Å². The maximum atomic E-state index is 13.4. The minimum absolute atomic E-state index is 0.155. The predicted molar refractivity (Wildman–Crippen MR) is 107 cm³/mol. The fraction of sp³-hybridized carbons (Fsp3) is 0.348. The van der Waals surface area contributed by atoms with E-state index in [-0.39, 0.29) is 5.91 Å². The fourth-order valence-electron chi connectivity index (χ4n) is 4.28. The fourth-order valence-corrected chi connectivity index (χ4v) is 4.28. The van der Waals surface area contributed by atoms with Gasteiger partial charge in [-0.1, -0.05) is 36.4 Å². The van der Waals surface area contributed by atoms with Crippen LogP contribution in [-0.4, -0.2) is 37.6 Å². The minimum atomic E-state index is 0.155. The lowest BCUT2D eigenvalue weighted by molar-refractivity contribution is -0.128. The summed E-state index contributed by atoms with van der Waals surface area (Å²) in [4.78, 5) is 15.5. The summed E-state index contributed by atoms with van der Waals surface area (Å²) in [6.45, 7) is 0.860. The van der Waals surface area contributed by atoms with Crippen molar-refractivity contribution >= 4 is 17.1 Å². The highest BCUT2D eigenvalue weighted by Crippen LogP contribution is 2.41. The number of nitrogens with zero attached hydrogens (tertiary/aromatic N) is 1. The van der Waals surface area contributed by atoms with E-state index in [4.69, 9.17) is 9.47 Å². The summed E-state index contributed by atoms with van der Waals surface area (Å²) in [5, 5.41) is 0. The third-order valence-corrected chi connectivity index (χ3v) is 5.64. The van der Waals surface area contributed by atoms with Crippen LogP contribution in [0.2, 0.25) is 0 Å². The molecule has 1 atom stereocenters. The number of amides is 1. The van der Waals surface area contributed by atoms with Gasteiger partial charge in [-0.3, -0.25) is 4.79 Å². The summed E-state index contributed by atoms with van der Waals surface area (Å²) in [5.74, 6) is 1.54. The number of hydrogen-bond donors (Lipinski definition) is 0. The molecule has 0 N–H and O–H groups in total. The predicted octanol–water partition coefficient (Wildman–Crippen LogP) is 4.40. The van der Waals surface area contributed by atoms with Gasteiger partial charge in [0.25, 0.3) is 5.91 Å². The first-order valence-electron chi connectivity index (χ1n) is 9.55. The molecule has 0 spiro atoms. The molecule has 4 nitrogen and oxygen atoms in total. The second-order valence-electron chi connectivity index (χ2n) is 7.14. The number of rotatable bonds is 4. The van der Waals surface area contributed by atoms with Crippen molar-refractivity contribution in [2.75, 3.05) is 20.8 Å². The van der Waals surface area contributed by atoms with Gasteiger partial charge in [0.1, 0.15) is 0 Å². The Balaban J connectivity index is 1.88. The third-order valence-electron chi connectivity index (χ3n) is 5.64. The van der Waals surface area contributed by atoms with E-state index in [1.54, 1.807) is 14.2 Å². The molecule has 4 rings (SSSR count). The molecule has 0 aromatic heterocycles. The molecular formula is C23H25NO3. The molecule has 1 saturated heterocycles. The highest BCUT2D eigenvalue weighted by molar-refractivity contribution is 6.28. The van der Waals surface area contributed by atoms with Gasteiger partial charge in [-0.05, 0) is 54.5 Å². The van der Waals surface area contributed by atoms with E-state index in [0.717, 1.165) is 48.1 Å². The van der Waals surface area contributed by atoms with Crippen LogP contribution in [0.25, 0.3) is 11.1 Å². The lowest BCUT2D eigenvalue weighted by atomic mass is 9.82. The molecule has 27 heavy (non-hydrogen) atoms. The largest absolute Gasteiger partial charge is 0.493 e. The Kier molecular flexibility index (Phi) is 4.88. The maximum absolute atomic E-state index is 13.4. The molecule has 2 aliphatic rings. The van der Waals surface area contributed by atoms with Crippen molar-refractivity contribution in [3.05, 3.63) is 59.7 Å². The summed E-state index contributed by atoms with van der Waals surface area (Å²) < 4.78 is 10.9. The summed E-state index contributed by atoms with van der Waals surface area (Å²) in [7, 11) is 3.28. The number of carbonyl (C=O) groups is 1. The van der Waals surface area contributed by atoms with Crippen LogP contribution in [0.4, 0.5) is 0 Å². The monoisotopic (exact) mass is 363 g/mol. The Morgan fingerprint density at radius 1 is 0.926 bits per heavy atom. The third kappa shape index (κ3) is 3.20. The van der Waals surface area contributed by atoms with Crippen LogP contribution in [0.5, 0.6) is 11.5 Å². The highest BCUT2D eigenvalue weighted by Gasteiger charge is 2.36. The Hall–Kier alpha value is -2.75. The zero-order valence-electron chi connectivity index (χ0n) is 15.9. The first-order valence-corrected chi connectivity index (χ1v) is 9.55. The standard InChI is InChI=1S/C23H25NO3/c1-26-20-12-11-17(14-21(20)27-2)19-15-18-10-6-7-13-24(18)23(25)22(19)16-8-4-3-5-9-16/h3-5,8-9,11-12,14,18H,6-7,10,13,15H2,1-2H3. The molecule has 0 bridgehead atoms. The van der Waals surface area contributed by atoms with Gasteiger partial charge in [0.05, 0.1) is 19.8 Å². The van der Waals surface area contributed by atoms with Crippen LogP contribution >= 0.6 is 0 Å². The quantitative estimate of drug-likeness (QED) is 0.808. The maximum Gasteiger partial charge on any atom is 0.255 e. The normalized spacial score (nSPS) is 19.7. The number of methoxy groups -OCH3 is 2. The van der Waals surface area contributed by atoms with Crippen molar-refractivity contribution in [3.8, 4) is 11.5 Å². The number of hydrogen-bond acceptors (Lipinski definition) is 3. The lowest BCUT2D eigenvalue weighted by Gasteiger charge is -2.41. The Morgan fingerprint density at radius 2 is 1.70 bits per heavy atom. The minimum Gasteiger partial charge on any atom is -0.493 e. The Morgan fingerprint density at radius 3 is 2.44 bits per heavy atom. The number of piperidine rings is 1. The van der Waals surface area contributed by atoms with Crippen molar-refractivity contribution in [1.82, 2.24) is 4.90 Å². The van der Waals surface area contributed by atoms with Crippen LogP contribution in [0.1, 0.15) is 36.8 Å². The van der Waals surface area contributed by atoms with Crippen LogP contribution in [0.15, 0.2) is 48.5 Å². The smallest absolute Gasteiger partial charge is 0.255 e. The Bertz CT molecular complexity index is 872. The second-order valence-corrected chi connectivity index (χ2v) is 7.14. The van der Waals surface area contributed by atoms with E-state index in [1.807, 2.05) is 48.5 Å². The molecular weight excluding hydrogens is 338 g/mol. The molecule has 1 amide bonds. The second kappa shape index (κ2) is 7.47. The van der Waals surface area contributed by atoms with Crippen molar-refractivity contribution in [2.45, 2.75) is 31.7 Å². The molecule has 2 aliphatic heterocycles. The van der Waals surface area contributed by atoms with E-state index < -0.39 is 0 Å². The van der Waals surface area contributed by atoms with Crippen molar-refractivity contribution in [2.24, 2.45) is 0 Å². The number of carbonyl (C=O) groups excluding carboxylic acids is 1. The summed E-state index contributed by atoms with van der Waals surface area (Å²) in [6, 6.07) is 16.2. The molecule has 0 aliphatic carbocycles. The average molecular weight is 363 g/mol. The van der Waals surface area contributed by atoms with Crippen LogP contribution in [0, 0.1) is 0 Å². The van der Waals surface area contributed by atoms with Crippen molar-refractivity contribution < 1.29 is 14.3 Å². The van der Waals surface area contributed by atoms with Gasteiger partial charge in [0, 0.05) is 12.6 Å². The highest BCUT2D eigenvalue weighted by atomic mass is 16.5. The van der Waals surface area contributed by atoms with E-state index in [0.29, 0.717) is 17.5 Å². The van der Waals surface area contributed by atoms with Gasteiger partial charge in [-0.15, -0.1) is 0 Å². The summed E-state index contributed by atoms with van der Waals surface area (Å²) in [5.41, 5.74) is 3.94. The molecule has 0 saturated carbocycles. The van der Waals surface area contributed by atoms with Gasteiger partial charge in [-0.25, -0.2) is 0 Å². The number of ether oxygens (including phenoxy) is 2. The van der Waals surface area contributed by atoms with Crippen LogP contribution in [0.3, 0.4) is 0 Å². The lowest BCUT2D eigenvalue weighted by Crippen LogP contribution is -2.47. The van der Waals surface area contributed by atoms with E-state index >= 15 is 0 Å². The summed E-state index contributed by atoms with van der Waals surface area (Å²) >= 11 is 0. The molecule has 2 heterocycles. The first kappa shape index (κ1) is 17.7. The molecule has 4 heteroatoms. The van der Waals surface area contributed by atoms with E-state index in [2.05, 4.69) is 4.90 Å². The molecule has 1 unspecified atom stereocenters. The van der Waals surface area contributed by atoms with Gasteiger partial charge < -0.3 is 14.4 Å². The number of benzene rings is 2. The van der Waals surface area contributed by atoms with E-state index in [1.165, 1.54) is 6.42 Å². The van der Waals surface area contributed by atoms with Crippen LogP contribution < -0.4 is 9.47 Å². The Labute approximate surface area is 160 Å². The molecule has 1 fully saturated rings. The average Bonchev–Trinajstić information content (AvgIpc) is 2.73. The SMILES string of the molecule is COc1ccc(C2=C(c3ccccc3)C(=O)N3CCCCC3C2)cc1OC.